The van der Waals surface area contributed by atoms with Crippen molar-refractivity contribution in [3.63, 3.8) is 0 Å². The SMILES string of the molecule is CCCc1cc(C(=O)Oc2c(F)c(F)c(F)c(F)c2F)ccc1N1C[C@H](C)N(C(=O)OC(C)(C)C)C[C@H]1C. The summed E-state index contributed by atoms with van der Waals surface area (Å²) in [6, 6.07) is 4.19. The molecule has 0 radical (unpaired) electrons. The number of hydrogen-bond acceptors (Lipinski definition) is 5. The van der Waals surface area contributed by atoms with Crippen molar-refractivity contribution < 1.29 is 41.0 Å². The zero-order valence-corrected chi connectivity index (χ0v) is 22.1. The molecule has 1 heterocycles. The van der Waals surface area contributed by atoms with Crippen molar-refractivity contribution in [2.45, 2.75) is 72.1 Å². The number of esters is 1. The molecule has 0 N–H and O–H groups in total. The van der Waals surface area contributed by atoms with Crippen LogP contribution in [0.25, 0.3) is 0 Å². The van der Waals surface area contributed by atoms with E-state index in [1.165, 1.54) is 12.1 Å². The third-order valence-electron chi connectivity index (χ3n) is 6.12. The fourth-order valence-corrected chi connectivity index (χ4v) is 4.33. The summed E-state index contributed by atoms with van der Waals surface area (Å²) in [5.74, 6) is -14.1. The number of carbonyl (C=O) groups is 2. The molecule has 0 spiro atoms. The molecule has 1 fully saturated rings. The monoisotopic (exact) mass is 542 g/mol. The molecule has 11 heteroatoms. The topological polar surface area (TPSA) is 59.1 Å². The summed E-state index contributed by atoms with van der Waals surface area (Å²) in [6.45, 7) is 12.0. The number of anilines is 1. The molecular weight excluding hydrogens is 511 g/mol. The fraction of sp³-hybridized carbons (Fsp3) is 0.481. The zero-order chi connectivity index (χ0) is 28.5. The van der Waals surface area contributed by atoms with E-state index in [1.54, 1.807) is 31.7 Å². The van der Waals surface area contributed by atoms with Gasteiger partial charge in [-0.2, -0.15) is 8.78 Å². The maximum atomic E-state index is 14.0. The van der Waals surface area contributed by atoms with Crippen LogP contribution < -0.4 is 9.64 Å². The van der Waals surface area contributed by atoms with Gasteiger partial charge in [-0.05, 0) is 64.8 Å². The predicted molar refractivity (Wildman–Crippen MR) is 131 cm³/mol. The van der Waals surface area contributed by atoms with Gasteiger partial charge in [0.15, 0.2) is 0 Å². The van der Waals surface area contributed by atoms with E-state index in [2.05, 4.69) is 9.64 Å². The fourth-order valence-electron chi connectivity index (χ4n) is 4.33. The van der Waals surface area contributed by atoms with Crippen LogP contribution in [-0.4, -0.2) is 47.7 Å². The Morgan fingerprint density at radius 2 is 1.50 bits per heavy atom. The van der Waals surface area contributed by atoms with E-state index in [-0.39, 0.29) is 17.6 Å². The van der Waals surface area contributed by atoms with Crippen molar-refractivity contribution >= 4 is 17.7 Å². The highest BCUT2D eigenvalue weighted by atomic mass is 19.2. The average molecular weight is 543 g/mol. The van der Waals surface area contributed by atoms with Crippen LogP contribution in [0.1, 0.15) is 63.9 Å². The lowest BCUT2D eigenvalue weighted by atomic mass is 10.00. The van der Waals surface area contributed by atoms with Gasteiger partial charge >= 0.3 is 12.1 Å². The number of benzene rings is 2. The normalized spacial score (nSPS) is 18.0. The Morgan fingerprint density at radius 3 is 2.05 bits per heavy atom. The molecule has 1 saturated heterocycles. The lowest BCUT2D eigenvalue weighted by Gasteiger charge is -2.45. The first kappa shape index (κ1) is 29.2. The van der Waals surface area contributed by atoms with Crippen molar-refractivity contribution in [1.82, 2.24) is 4.90 Å². The molecule has 6 nitrogen and oxygen atoms in total. The number of hydrogen-bond donors (Lipinski definition) is 0. The molecule has 2 aromatic rings. The molecule has 208 valence electrons. The van der Waals surface area contributed by atoms with Crippen LogP contribution in [0.15, 0.2) is 18.2 Å². The Bertz CT molecular complexity index is 1200. The van der Waals surface area contributed by atoms with Gasteiger partial charge in [0.05, 0.1) is 5.56 Å². The molecule has 0 aliphatic carbocycles. The molecule has 1 aliphatic rings. The molecular formula is C27H31F5N2O4. The number of ether oxygens (including phenoxy) is 2. The number of nitrogens with zero attached hydrogens (tertiary/aromatic N) is 2. The lowest BCUT2D eigenvalue weighted by molar-refractivity contribution is 0.0130. The van der Waals surface area contributed by atoms with Gasteiger partial charge in [-0.3, -0.25) is 0 Å². The van der Waals surface area contributed by atoms with E-state index in [1.807, 2.05) is 20.8 Å². The van der Waals surface area contributed by atoms with Crippen LogP contribution in [0.5, 0.6) is 5.75 Å². The van der Waals surface area contributed by atoms with Gasteiger partial charge in [-0.15, -0.1) is 0 Å². The maximum absolute atomic E-state index is 14.0. The smallest absolute Gasteiger partial charge is 0.410 e. The highest BCUT2D eigenvalue weighted by Crippen LogP contribution is 2.32. The minimum atomic E-state index is -2.34. The molecule has 2 aromatic carbocycles. The summed E-state index contributed by atoms with van der Waals surface area (Å²) in [5.41, 5.74) is 0.772. The number of rotatable bonds is 5. The van der Waals surface area contributed by atoms with Crippen molar-refractivity contribution in [2.75, 3.05) is 18.0 Å². The number of halogens is 5. The minimum Gasteiger partial charge on any atom is -0.444 e. The van der Waals surface area contributed by atoms with E-state index in [0.29, 0.717) is 25.9 Å². The molecule has 0 bridgehead atoms. The van der Waals surface area contributed by atoms with Gasteiger partial charge in [0.2, 0.25) is 34.8 Å². The Labute approximate surface area is 218 Å². The Morgan fingerprint density at radius 1 is 0.921 bits per heavy atom. The standard InChI is InChI=1S/C27H31F5N2O4/c1-7-8-16-11-17(25(35)37-24-22(31)20(29)19(28)21(30)23(24)32)9-10-18(16)33-12-15(3)34(13-14(33)2)26(36)38-27(4,5)6/h9-11,14-15H,7-8,12-13H2,1-6H3/t14-,15+/m1/s1. The molecule has 1 amide bonds. The number of carbonyl (C=O) groups excluding carboxylic acids is 2. The molecule has 0 saturated carbocycles. The highest BCUT2D eigenvalue weighted by Gasteiger charge is 2.35. The van der Waals surface area contributed by atoms with Crippen LogP contribution in [0.4, 0.5) is 32.4 Å². The van der Waals surface area contributed by atoms with Gasteiger partial charge in [0.1, 0.15) is 5.60 Å². The van der Waals surface area contributed by atoms with Crippen molar-refractivity contribution in [3.05, 3.63) is 58.4 Å². The third kappa shape index (κ3) is 6.02. The van der Waals surface area contributed by atoms with E-state index in [9.17, 15) is 31.5 Å². The van der Waals surface area contributed by atoms with Crippen LogP contribution in [-0.2, 0) is 11.2 Å². The number of amides is 1. The molecule has 38 heavy (non-hydrogen) atoms. The van der Waals surface area contributed by atoms with Gasteiger partial charge < -0.3 is 19.3 Å². The third-order valence-corrected chi connectivity index (χ3v) is 6.12. The largest absolute Gasteiger partial charge is 0.444 e. The molecule has 0 unspecified atom stereocenters. The summed E-state index contributed by atoms with van der Waals surface area (Å²) in [5, 5.41) is 0. The van der Waals surface area contributed by atoms with Crippen molar-refractivity contribution in [3.8, 4) is 5.75 Å². The summed E-state index contributed by atoms with van der Waals surface area (Å²) in [7, 11) is 0. The van der Waals surface area contributed by atoms with Crippen LogP contribution in [0.3, 0.4) is 0 Å². The van der Waals surface area contributed by atoms with E-state index in [0.717, 1.165) is 11.3 Å². The van der Waals surface area contributed by atoms with Gasteiger partial charge in [0.25, 0.3) is 0 Å². The summed E-state index contributed by atoms with van der Waals surface area (Å²) < 4.78 is 78.5. The molecule has 1 aliphatic heterocycles. The maximum Gasteiger partial charge on any atom is 0.410 e. The first-order valence-corrected chi connectivity index (χ1v) is 12.3. The number of piperazine rings is 1. The Kier molecular flexibility index (Phi) is 8.58. The second kappa shape index (κ2) is 11.2. The first-order valence-electron chi connectivity index (χ1n) is 12.3. The predicted octanol–water partition coefficient (Wildman–Crippen LogP) is 6.39. The van der Waals surface area contributed by atoms with E-state index < -0.39 is 52.5 Å². The summed E-state index contributed by atoms with van der Waals surface area (Å²) in [6.07, 6.45) is 0.827. The summed E-state index contributed by atoms with van der Waals surface area (Å²) >= 11 is 0. The number of aryl methyl sites for hydroxylation is 1. The van der Waals surface area contributed by atoms with E-state index >= 15 is 0 Å². The molecule has 0 aromatic heterocycles. The molecule has 3 rings (SSSR count). The lowest BCUT2D eigenvalue weighted by Crippen LogP contribution is -2.59. The Balaban J connectivity index is 1.87. The second-order valence-electron chi connectivity index (χ2n) is 10.4. The highest BCUT2D eigenvalue weighted by molar-refractivity contribution is 5.92. The Hall–Kier alpha value is -3.37. The van der Waals surface area contributed by atoms with Crippen molar-refractivity contribution in [2.24, 2.45) is 0 Å². The van der Waals surface area contributed by atoms with Gasteiger partial charge in [-0.25, -0.2) is 22.8 Å². The van der Waals surface area contributed by atoms with Gasteiger partial charge in [0, 0.05) is 30.9 Å². The quantitative estimate of drug-likeness (QED) is 0.144. The molecule has 2 atom stereocenters. The minimum absolute atomic E-state index is 0.111. The first-order chi connectivity index (χ1) is 17.7. The van der Waals surface area contributed by atoms with Crippen LogP contribution >= 0.6 is 0 Å². The van der Waals surface area contributed by atoms with E-state index in [4.69, 9.17) is 4.74 Å². The second-order valence-corrected chi connectivity index (χ2v) is 10.4. The van der Waals surface area contributed by atoms with Gasteiger partial charge in [-0.1, -0.05) is 13.3 Å². The summed E-state index contributed by atoms with van der Waals surface area (Å²) in [4.78, 5) is 29.1. The van der Waals surface area contributed by atoms with Crippen molar-refractivity contribution in [1.29, 1.82) is 0 Å². The van der Waals surface area contributed by atoms with Crippen LogP contribution in [0, 0.1) is 29.1 Å². The average Bonchev–Trinajstić information content (AvgIpc) is 2.84. The zero-order valence-electron chi connectivity index (χ0n) is 22.1. The van der Waals surface area contributed by atoms with Crippen LogP contribution in [0.2, 0.25) is 0 Å².